The monoisotopic (exact) mass is 500 g/mol. The molecule has 2 atom stereocenters. The van der Waals surface area contributed by atoms with Crippen LogP contribution in [0.25, 0.3) is 10.9 Å². The molecule has 1 fully saturated rings. The molecule has 1 N–H and O–H groups in total. The zero-order valence-corrected chi connectivity index (χ0v) is 20.5. The van der Waals surface area contributed by atoms with Gasteiger partial charge in [-0.2, -0.15) is 0 Å². The van der Waals surface area contributed by atoms with Crippen LogP contribution in [0.1, 0.15) is 29.7 Å². The summed E-state index contributed by atoms with van der Waals surface area (Å²) in [5, 5.41) is 13.1. The number of aryl methyl sites for hydroxylation is 1. The molecular weight excluding hydrogens is 475 g/mol. The van der Waals surface area contributed by atoms with Crippen molar-refractivity contribution in [3.05, 3.63) is 57.1 Å². The van der Waals surface area contributed by atoms with Gasteiger partial charge < -0.3 is 9.84 Å². The summed E-state index contributed by atoms with van der Waals surface area (Å²) < 4.78 is 18.9. The van der Waals surface area contributed by atoms with Crippen LogP contribution < -0.4 is 4.74 Å². The Morgan fingerprint density at radius 2 is 2.26 bits per heavy atom. The third-order valence-corrected chi connectivity index (χ3v) is 7.55. The Morgan fingerprint density at radius 1 is 1.41 bits per heavy atom. The van der Waals surface area contributed by atoms with E-state index in [9.17, 15) is 14.3 Å². The lowest BCUT2D eigenvalue weighted by Gasteiger charge is -2.35. The predicted molar refractivity (Wildman–Crippen MR) is 133 cm³/mol. The number of carboxylic acid groups (broad SMARTS) is 1. The molecule has 8 heteroatoms. The maximum absolute atomic E-state index is 13.5. The first kappa shape index (κ1) is 24.5. The van der Waals surface area contributed by atoms with Crippen molar-refractivity contribution in [2.45, 2.75) is 25.7 Å². The van der Waals surface area contributed by atoms with Gasteiger partial charge in [-0.3, -0.25) is 14.7 Å². The van der Waals surface area contributed by atoms with Gasteiger partial charge in [0.2, 0.25) is 0 Å². The average Bonchev–Trinajstić information content (AvgIpc) is 3.25. The first-order valence-corrected chi connectivity index (χ1v) is 12.5. The number of methoxy groups -OCH3 is 1. The molecule has 3 aromatic rings. The molecule has 0 saturated carbocycles. The van der Waals surface area contributed by atoms with Crippen LogP contribution in [0.4, 0.5) is 4.39 Å². The highest BCUT2D eigenvalue weighted by atomic mass is 35.5. The highest BCUT2D eigenvalue weighted by Gasteiger charge is 2.33. The minimum Gasteiger partial charge on any atom is -0.497 e. The molecule has 3 heterocycles. The minimum atomic E-state index is -0.774. The molecule has 1 saturated heterocycles. The van der Waals surface area contributed by atoms with Crippen molar-refractivity contribution in [2.24, 2.45) is 11.8 Å². The van der Waals surface area contributed by atoms with Gasteiger partial charge in [0.15, 0.2) is 0 Å². The standard InChI is InChI=1S/C26H26ClFN2O3S/c1-33-18-7-8-24-20(14-18)19(22(27)15-29-24)5-2-4-17-9-12-30(16-21(17)26(31)32)11-3-6-25-23(28)10-13-34-25/h7-8,10,13-15,17,21H,2,4-5,9,11-12,16H2,1H3,(H,31,32)/t17-,21+/m0/s1. The fourth-order valence-electron chi connectivity index (χ4n) is 4.58. The van der Waals surface area contributed by atoms with Crippen LogP contribution in [0, 0.1) is 29.5 Å². The molecule has 0 aliphatic carbocycles. The number of pyridine rings is 1. The summed E-state index contributed by atoms with van der Waals surface area (Å²) in [5.74, 6) is 5.17. The van der Waals surface area contributed by atoms with E-state index in [0.29, 0.717) is 23.0 Å². The predicted octanol–water partition coefficient (Wildman–Crippen LogP) is 5.49. The maximum Gasteiger partial charge on any atom is 0.308 e. The fraction of sp³-hybridized carbons (Fsp3) is 0.385. The SMILES string of the molecule is COc1ccc2ncc(Cl)c(CCC[C@H]3CCN(CC#Cc4sccc4F)C[C@H]3C(=O)O)c2c1. The second-order valence-electron chi connectivity index (χ2n) is 8.49. The van der Waals surface area contributed by atoms with E-state index < -0.39 is 11.9 Å². The lowest BCUT2D eigenvalue weighted by molar-refractivity contribution is -0.146. The van der Waals surface area contributed by atoms with Gasteiger partial charge in [-0.15, -0.1) is 11.3 Å². The number of fused-ring (bicyclic) bond motifs is 1. The van der Waals surface area contributed by atoms with Crippen molar-refractivity contribution in [1.29, 1.82) is 0 Å². The Hall–Kier alpha value is -2.66. The number of ether oxygens (including phenoxy) is 1. The van der Waals surface area contributed by atoms with E-state index in [0.717, 1.165) is 54.4 Å². The molecule has 1 aliphatic heterocycles. The van der Waals surface area contributed by atoms with Crippen molar-refractivity contribution < 1.29 is 19.0 Å². The summed E-state index contributed by atoms with van der Waals surface area (Å²) in [6, 6.07) is 7.14. The summed E-state index contributed by atoms with van der Waals surface area (Å²) in [4.78, 5) is 18.9. The molecule has 0 unspecified atom stereocenters. The Labute approximate surface area is 207 Å². The second kappa shape index (κ2) is 11.2. The molecule has 0 radical (unpaired) electrons. The number of hydrogen-bond acceptors (Lipinski definition) is 5. The van der Waals surface area contributed by atoms with Gasteiger partial charge in [-0.1, -0.05) is 23.4 Å². The quantitative estimate of drug-likeness (QED) is 0.434. The Bertz CT molecular complexity index is 1240. The molecule has 1 aliphatic rings. The van der Waals surface area contributed by atoms with Crippen LogP contribution in [-0.2, 0) is 11.2 Å². The van der Waals surface area contributed by atoms with Crippen molar-refractivity contribution in [2.75, 3.05) is 26.7 Å². The molecule has 178 valence electrons. The molecule has 5 nitrogen and oxygen atoms in total. The van der Waals surface area contributed by atoms with Gasteiger partial charge >= 0.3 is 5.97 Å². The van der Waals surface area contributed by atoms with Crippen LogP contribution >= 0.6 is 22.9 Å². The van der Waals surface area contributed by atoms with Crippen molar-refractivity contribution in [3.8, 4) is 17.6 Å². The zero-order valence-electron chi connectivity index (χ0n) is 18.9. The fourth-order valence-corrected chi connectivity index (χ4v) is 5.46. The van der Waals surface area contributed by atoms with E-state index in [4.69, 9.17) is 16.3 Å². The number of rotatable bonds is 7. The van der Waals surface area contributed by atoms with Crippen LogP contribution in [0.2, 0.25) is 5.02 Å². The van der Waals surface area contributed by atoms with E-state index in [2.05, 4.69) is 16.8 Å². The number of aliphatic carboxylic acids is 1. The molecule has 2 aromatic heterocycles. The smallest absolute Gasteiger partial charge is 0.308 e. The van der Waals surface area contributed by atoms with Gasteiger partial charge in [-0.05, 0) is 73.4 Å². The van der Waals surface area contributed by atoms with E-state index in [1.807, 2.05) is 23.1 Å². The van der Waals surface area contributed by atoms with Crippen LogP contribution in [0.15, 0.2) is 35.8 Å². The van der Waals surface area contributed by atoms with E-state index >= 15 is 0 Å². The first-order valence-electron chi connectivity index (χ1n) is 11.2. The number of likely N-dealkylation sites (tertiary alicyclic amines) is 1. The van der Waals surface area contributed by atoms with Crippen LogP contribution in [0.3, 0.4) is 0 Å². The molecule has 34 heavy (non-hydrogen) atoms. The number of thiophene rings is 1. The van der Waals surface area contributed by atoms with Gasteiger partial charge in [0.25, 0.3) is 0 Å². The highest BCUT2D eigenvalue weighted by Crippen LogP contribution is 2.32. The third-order valence-electron chi connectivity index (χ3n) is 6.41. The number of aromatic nitrogens is 1. The van der Waals surface area contributed by atoms with Crippen molar-refractivity contribution >= 4 is 39.8 Å². The summed E-state index contributed by atoms with van der Waals surface area (Å²) in [5.41, 5.74) is 1.88. The number of piperidine rings is 1. The van der Waals surface area contributed by atoms with E-state index in [1.54, 1.807) is 18.7 Å². The highest BCUT2D eigenvalue weighted by molar-refractivity contribution is 7.10. The third kappa shape index (κ3) is 5.69. The number of carbonyl (C=O) groups is 1. The summed E-state index contributed by atoms with van der Waals surface area (Å²) >= 11 is 7.75. The molecular formula is C26H26ClFN2O3S. The van der Waals surface area contributed by atoms with Gasteiger partial charge in [0, 0.05) is 18.1 Å². The largest absolute Gasteiger partial charge is 0.497 e. The minimum absolute atomic E-state index is 0.0952. The molecule has 1 aromatic carbocycles. The normalized spacial score (nSPS) is 18.4. The lowest BCUT2D eigenvalue weighted by Crippen LogP contribution is -2.44. The maximum atomic E-state index is 13.5. The van der Waals surface area contributed by atoms with Gasteiger partial charge in [-0.25, -0.2) is 4.39 Å². The van der Waals surface area contributed by atoms with Crippen molar-refractivity contribution in [3.63, 3.8) is 0 Å². The summed E-state index contributed by atoms with van der Waals surface area (Å²) in [7, 11) is 1.63. The summed E-state index contributed by atoms with van der Waals surface area (Å²) in [6.07, 6.45) is 4.86. The molecule has 4 rings (SSSR count). The van der Waals surface area contributed by atoms with Gasteiger partial charge in [0.05, 0.1) is 30.1 Å². The van der Waals surface area contributed by atoms with Crippen LogP contribution in [-0.4, -0.2) is 47.7 Å². The topological polar surface area (TPSA) is 62.7 Å². The van der Waals surface area contributed by atoms with Gasteiger partial charge in [0.1, 0.15) is 16.4 Å². The molecule has 0 spiro atoms. The lowest BCUT2D eigenvalue weighted by atomic mass is 9.81. The number of benzene rings is 1. The number of carboxylic acids is 1. The number of hydrogen-bond donors (Lipinski definition) is 1. The zero-order chi connectivity index (χ0) is 24.1. The average molecular weight is 501 g/mol. The van der Waals surface area contributed by atoms with Crippen LogP contribution in [0.5, 0.6) is 5.75 Å². The number of nitrogens with zero attached hydrogens (tertiary/aromatic N) is 2. The first-order chi connectivity index (χ1) is 16.5. The second-order valence-corrected chi connectivity index (χ2v) is 9.81. The van der Waals surface area contributed by atoms with E-state index in [-0.39, 0.29) is 11.7 Å². The summed E-state index contributed by atoms with van der Waals surface area (Å²) in [6.45, 7) is 1.68. The Balaban J connectivity index is 1.37. The van der Waals surface area contributed by atoms with E-state index in [1.165, 1.54) is 17.4 Å². The number of halogens is 2. The van der Waals surface area contributed by atoms with Crippen molar-refractivity contribution in [1.82, 2.24) is 9.88 Å². The molecule has 0 amide bonds. The Morgan fingerprint density at radius 3 is 3.00 bits per heavy atom. The molecule has 0 bridgehead atoms. The Kier molecular flexibility index (Phi) is 8.04.